The van der Waals surface area contributed by atoms with E-state index >= 15 is 0 Å². The van der Waals surface area contributed by atoms with E-state index in [9.17, 15) is 4.79 Å². The third-order valence-corrected chi connectivity index (χ3v) is 4.25. The fourth-order valence-electron chi connectivity index (χ4n) is 1.99. The van der Waals surface area contributed by atoms with Crippen LogP contribution in [0.3, 0.4) is 0 Å². The van der Waals surface area contributed by atoms with Gasteiger partial charge in [-0.3, -0.25) is 15.1 Å². The molecule has 0 spiro atoms. The van der Waals surface area contributed by atoms with Crippen molar-refractivity contribution in [1.29, 1.82) is 0 Å². The Morgan fingerprint density at radius 1 is 1.30 bits per heavy atom. The molecule has 0 unspecified atom stereocenters. The van der Waals surface area contributed by atoms with E-state index in [1.807, 2.05) is 42.8 Å². The molecule has 2 aromatic rings. The molecule has 2 rings (SSSR count). The monoisotopic (exact) mass is 309 g/mol. The molecule has 0 aliphatic rings. The quantitative estimate of drug-likeness (QED) is 0.507. The molecule has 20 heavy (non-hydrogen) atoms. The summed E-state index contributed by atoms with van der Waals surface area (Å²) >= 11 is 7.54. The Balaban J connectivity index is 2.05. The summed E-state index contributed by atoms with van der Waals surface area (Å²) in [6, 6.07) is 9.70. The maximum Gasteiger partial charge on any atom is 0.275 e. The lowest BCUT2D eigenvalue weighted by atomic mass is 10.2. The molecule has 6 heteroatoms. The molecular formula is C14H16ClN3OS. The number of amides is 1. The van der Waals surface area contributed by atoms with E-state index in [0.717, 1.165) is 22.7 Å². The zero-order valence-corrected chi connectivity index (χ0v) is 12.7. The SMILES string of the molecule is CN(Cc1ccccc1Cl)Cc1ccsc1C(=O)NN. The second-order valence-corrected chi connectivity index (χ2v) is 5.84. The summed E-state index contributed by atoms with van der Waals surface area (Å²) in [5.74, 6) is 4.93. The third kappa shape index (κ3) is 3.58. The second-order valence-electron chi connectivity index (χ2n) is 4.51. The van der Waals surface area contributed by atoms with Crippen LogP contribution in [0.25, 0.3) is 0 Å². The van der Waals surface area contributed by atoms with E-state index in [0.29, 0.717) is 11.4 Å². The normalized spacial score (nSPS) is 10.8. The van der Waals surface area contributed by atoms with Crippen molar-refractivity contribution in [2.45, 2.75) is 13.1 Å². The van der Waals surface area contributed by atoms with Gasteiger partial charge in [0.2, 0.25) is 0 Å². The number of rotatable bonds is 5. The first-order chi connectivity index (χ1) is 9.61. The van der Waals surface area contributed by atoms with Crippen molar-refractivity contribution in [2.24, 2.45) is 5.84 Å². The van der Waals surface area contributed by atoms with Crippen LogP contribution in [0.4, 0.5) is 0 Å². The van der Waals surface area contributed by atoms with Gasteiger partial charge in [0, 0.05) is 18.1 Å². The summed E-state index contributed by atoms with van der Waals surface area (Å²) in [6.45, 7) is 1.39. The van der Waals surface area contributed by atoms with Crippen LogP contribution >= 0.6 is 22.9 Å². The highest BCUT2D eigenvalue weighted by Gasteiger charge is 2.14. The summed E-state index contributed by atoms with van der Waals surface area (Å²) in [5, 5.41) is 2.65. The number of nitrogens with zero attached hydrogens (tertiary/aromatic N) is 1. The van der Waals surface area contributed by atoms with Crippen molar-refractivity contribution in [3.05, 3.63) is 56.7 Å². The Kier molecular flexibility index (Phi) is 5.14. The van der Waals surface area contributed by atoms with Gasteiger partial charge in [0.05, 0.1) is 4.88 Å². The van der Waals surface area contributed by atoms with Gasteiger partial charge in [-0.2, -0.15) is 0 Å². The van der Waals surface area contributed by atoms with E-state index in [4.69, 9.17) is 17.4 Å². The Labute approximate surface area is 127 Å². The number of carbonyl (C=O) groups excluding carboxylic acids is 1. The topological polar surface area (TPSA) is 58.4 Å². The van der Waals surface area contributed by atoms with Gasteiger partial charge in [0.15, 0.2) is 0 Å². The molecule has 0 saturated carbocycles. The number of hydrazine groups is 1. The number of hydrogen-bond donors (Lipinski definition) is 2. The minimum atomic E-state index is -0.249. The third-order valence-electron chi connectivity index (χ3n) is 2.92. The van der Waals surface area contributed by atoms with Gasteiger partial charge >= 0.3 is 0 Å². The highest BCUT2D eigenvalue weighted by Crippen LogP contribution is 2.21. The fraction of sp³-hybridized carbons (Fsp3) is 0.214. The molecule has 4 nitrogen and oxygen atoms in total. The van der Waals surface area contributed by atoms with Crippen LogP contribution in [-0.4, -0.2) is 17.9 Å². The molecule has 1 amide bonds. The number of benzene rings is 1. The van der Waals surface area contributed by atoms with Crippen LogP contribution in [0.2, 0.25) is 5.02 Å². The Bertz CT molecular complexity index is 600. The van der Waals surface area contributed by atoms with Gasteiger partial charge < -0.3 is 0 Å². The number of nitrogen functional groups attached to an aromatic ring is 1. The van der Waals surface area contributed by atoms with E-state index in [2.05, 4.69) is 10.3 Å². The predicted molar refractivity (Wildman–Crippen MR) is 82.6 cm³/mol. The van der Waals surface area contributed by atoms with Crippen molar-refractivity contribution in [1.82, 2.24) is 10.3 Å². The Morgan fingerprint density at radius 3 is 2.70 bits per heavy atom. The largest absolute Gasteiger partial charge is 0.298 e. The summed E-state index contributed by atoms with van der Waals surface area (Å²) in [7, 11) is 1.99. The Morgan fingerprint density at radius 2 is 2.00 bits per heavy atom. The van der Waals surface area contributed by atoms with Crippen LogP contribution in [0, 0.1) is 0 Å². The molecule has 0 radical (unpaired) electrons. The van der Waals surface area contributed by atoms with Gasteiger partial charge in [-0.1, -0.05) is 29.8 Å². The van der Waals surface area contributed by atoms with Crippen molar-refractivity contribution in [3.8, 4) is 0 Å². The van der Waals surface area contributed by atoms with Gasteiger partial charge in [0.25, 0.3) is 5.91 Å². The molecule has 0 bridgehead atoms. The first kappa shape index (κ1) is 15.0. The predicted octanol–water partition coefficient (Wildman–Crippen LogP) is 2.64. The van der Waals surface area contributed by atoms with Crippen molar-refractivity contribution >= 4 is 28.8 Å². The minimum Gasteiger partial charge on any atom is -0.298 e. The van der Waals surface area contributed by atoms with Crippen LogP contribution in [-0.2, 0) is 13.1 Å². The minimum absolute atomic E-state index is 0.249. The maximum atomic E-state index is 11.6. The molecule has 0 atom stereocenters. The number of nitrogens with two attached hydrogens (primary N) is 1. The molecule has 0 saturated heterocycles. The number of carbonyl (C=O) groups is 1. The molecular weight excluding hydrogens is 294 g/mol. The lowest BCUT2D eigenvalue weighted by molar-refractivity contribution is 0.0956. The Hall–Kier alpha value is -1.40. The maximum absolute atomic E-state index is 11.6. The molecule has 1 heterocycles. The lowest BCUT2D eigenvalue weighted by Gasteiger charge is -2.17. The van der Waals surface area contributed by atoms with Gasteiger partial charge in [-0.15, -0.1) is 11.3 Å². The van der Waals surface area contributed by atoms with Crippen molar-refractivity contribution < 1.29 is 4.79 Å². The number of thiophene rings is 1. The molecule has 1 aromatic carbocycles. The fourth-order valence-corrected chi connectivity index (χ4v) is 3.00. The summed E-state index contributed by atoms with van der Waals surface area (Å²) in [5.41, 5.74) is 4.20. The second kappa shape index (κ2) is 6.85. The molecule has 0 aliphatic heterocycles. The first-order valence-corrected chi connectivity index (χ1v) is 7.37. The van der Waals surface area contributed by atoms with Crippen LogP contribution in [0.5, 0.6) is 0 Å². The zero-order chi connectivity index (χ0) is 14.5. The molecule has 106 valence electrons. The lowest BCUT2D eigenvalue weighted by Crippen LogP contribution is -2.30. The van der Waals surface area contributed by atoms with Gasteiger partial charge in [0.1, 0.15) is 0 Å². The first-order valence-electron chi connectivity index (χ1n) is 6.11. The number of nitrogens with one attached hydrogen (secondary N) is 1. The summed E-state index contributed by atoms with van der Waals surface area (Å²) in [6.07, 6.45) is 0. The van der Waals surface area contributed by atoms with Crippen LogP contribution in [0.1, 0.15) is 20.8 Å². The number of hydrogen-bond acceptors (Lipinski definition) is 4. The van der Waals surface area contributed by atoms with E-state index in [-0.39, 0.29) is 5.91 Å². The molecule has 0 fully saturated rings. The van der Waals surface area contributed by atoms with E-state index in [1.165, 1.54) is 11.3 Å². The molecule has 0 aliphatic carbocycles. The standard InChI is InChI=1S/C14H16ClN3OS/c1-18(8-10-4-2-3-5-12(10)15)9-11-6-7-20-13(11)14(19)17-16/h2-7H,8-9,16H2,1H3,(H,17,19). The van der Waals surface area contributed by atoms with Crippen molar-refractivity contribution in [2.75, 3.05) is 7.05 Å². The summed E-state index contributed by atoms with van der Waals surface area (Å²) in [4.78, 5) is 14.4. The van der Waals surface area contributed by atoms with E-state index < -0.39 is 0 Å². The highest BCUT2D eigenvalue weighted by molar-refractivity contribution is 7.12. The smallest absolute Gasteiger partial charge is 0.275 e. The van der Waals surface area contributed by atoms with Crippen LogP contribution in [0.15, 0.2) is 35.7 Å². The zero-order valence-electron chi connectivity index (χ0n) is 11.1. The number of halogens is 1. The van der Waals surface area contributed by atoms with Gasteiger partial charge in [-0.25, -0.2) is 5.84 Å². The van der Waals surface area contributed by atoms with Crippen molar-refractivity contribution in [3.63, 3.8) is 0 Å². The highest BCUT2D eigenvalue weighted by atomic mass is 35.5. The van der Waals surface area contributed by atoms with Crippen LogP contribution < -0.4 is 11.3 Å². The average molecular weight is 310 g/mol. The molecule has 3 N–H and O–H groups in total. The van der Waals surface area contributed by atoms with Gasteiger partial charge in [-0.05, 0) is 35.7 Å². The molecule has 1 aromatic heterocycles. The van der Waals surface area contributed by atoms with E-state index in [1.54, 1.807) is 0 Å². The summed E-state index contributed by atoms with van der Waals surface area (Å²) < 4.78 is 0. The average Bonchev–Trinajstić information content (AvgIpc) is 2.88.